The van der Waals surface area contributed by atoms with E-state index in [2.05, 4.69) is 31.3 Å². The monoisotopic (exact) mass is 385 g/mol. The van der Waals surface area contributed by atoms with Crippen LogP contribution in [0, 0.1) is 5.92 Å². The molecule has 3 aromatic rings. The van der Waals surface area contributed by atoms with Crippen molar-refractivity contribution < 1.29 is 14.1 Å². The van der Waals surface area contributed by atoms with Crippen LogP contribution in [0.4, 0.5) is 10.9 Å². The lowest BCUT2D eigenvalue weighted by atomic mass is 9.97. The number of aromatic nitrogens is 2. The molecule has 1 aromatic carbocycles. The van der Waals surface area contributed by atoms with E-state index in [4.69, 9.17) is 4.98 Å². The number of fused-ring (bicyclic) bond motifs is 1. The third-order valence-electron chi connectivity index (χ3n) is 4.60. The Labute approximate surface area is 159 Å². The Morgan fingerprint density at radius 2 is 2.00 bits per heavy atom. The lowest BCUT2D eigenvalue weighted by Gasteiger charge is -2.31. The van der Waals surface area contributed by atoms with Gasteiger partial charge in [0.05, 0.1) is 10.2 Å². The Balaban J connectivity index is 1.24. The Bertz CT molecular complexity index is 899. The third kappa shape index (κ3) is 4.08. The van der Waals surface area contributed by atoms with Crippen molar-refractivity contribution in [1.82, 2.24) is 15.5 Å². The molecular formula is C18H19N5O3S. The Kier molecular flexibility index (Phi) is 5.01. The minimum Gasteiger partial charge on any atom is -0.363 e. The number of hydrogen-bond acceptors (Lipinski definition) is 7. The van der Waals surface area contributed by atoms with E-state index in [1.54, 1.807) is 11.3 Å². The van der Waals surface area contributed by atoms with Gasteiger partial charge in [0.25, 0.3) is 0 Å². The summed E-state index contributed by atoms with van der Waals surface area (Å²) >= 11 is 1.71. The summed E-state index contributed by atoms with van der Waals surface area (Å²) in [6.45, 7) is 2.27. The van der Waals surface area contributed by atoms with Crippen molar-refractivity contribution in [2.24, 2.45) is 5.92 Å². The van der Waals surface area contributed by atoms with Crippen LogP contribution < -0.4 is 15.5 Å². The van der Waals surface area contributed by atoms with E-state index in [0.717, 1.165) is 36.6 Å². The van der Waals surface area contributed by atoms with Crippen molar-refractivity contribution in [2.75, 3.05) is 29.9 Å². The van der Waals surface area contributed by atoms with Crippen LogP contribution in [0.5, 0.6) is 0 Å². The third-order valence-corrected chi connectivity index (χ3v) is 5.70. The first-order valence-electron chi connectivity index (χ1n) is 8.79. The number of rotatable bonds is 4. The van der Waals surface area contributed by atoms with Gasteiger partial charge in [0.1, 0.15) is 6.26 Å². The fourth-order valence-corrected chi connectivity index (χ4v) is 4.11. The maximum atomic E-state index is 11.9. The first-order valence-corrected chi connectivity index (χ1v) is 9.61. The van der Waals surface area contributed by atoms with Gasteiger partial charge in [-0.1, -0.05) is 28.6 Å². The van der Waals surface area contributed by atoms with Crippen LogP contribution >= 0.6 is 11.3 Å². The average molecular weight is 385 g/mol. The highest BCUT2D eigenvalue weighted by Gasteiger charge is 2.23. The zero-order chi connectivity index (χ0) is 18.6. The van der Waals surface area contributed by atoms with Crippen LogP contribution in [-0.2, 0) is 9.59 Å². The Morgan fingerprint density at radius 3 is 2.74 bits per heavy atom. The van der Waals surface area contributed by atoms with E-state index in [-0.39, 0.29) is 5.82 Å². The Morgan fingerprint density at radius 1 is 1.19 bits per heavy atom. The first kappa shape index (κ1) is 17.5. The Hall–Kier alpha value is -2.94. The standard InChI is InChI=1S/C18H19N5O3S/c24-16(17(25)21-15-7-10-26-22-15)19-11-12-5-8-23(9-6-12)18-20-13-3-1-2-4-14(13)27-18/h1-4,7,10,12H,5-6,8-9,11H2,(H,19,24)(H,21,22,25). The summed E-state index contributed by atoms with van der Waals surface area (Å²) in [5, 5.41) is 9.67. The lowest BCUT2D eigenvalue weighted by molar-refractivity contribution is -0.136. The molecule has 0 bridgehead atoms. The summed E-state index contributed by atoms with van der Waals surface area (Å²) in [7, 11) is 0. The zero-order valence-corrected chi connectivity index (χ0v) is 15.4. The van der Waals surface area contributed by atoms with Crippen molar-refractivity contribution in [3.8, 4) is 0 Å². The molecule has 1 aliphatic rings. The molecule has 2 amide bonds. The quantitative estimate of drug-likeness (QED) is 0.668. The molecule has 1 aliphatic heterocycles. The number of nitrogens with zero attached hydrogens (tertiary/aromatic N) is 3. The van der Waals surface area contributed by atoms with Crippen LogP contribution in [0.15, 0.2) is 41.1 Å². The molecule has 1 fully saturated rings. The minimum atomic E-state index is -0.740. The normalized spacial score (nSPS) is 15.0. The van der Waals surface area contributed by atoms with E-state index >= 15 is 0 Å². The van der Waals surface area contributed by atoms with Crippen molar-refractivity contribution in [1.29, 1.82) is 0 Å². The van der Waals surface area contributed by atoms with Crippen LogP contribution in [-0.4, -0.2) is 41.6 Å². The first-order chi connectivity index (χ1) is 13.2. The summed E-state index contributed by atoms with van der Waals surface area (Å²) in [5.41, 5.74) is 1.03. The number of nitrogens with one attached hydrogen (secondary N) is 2. The smallest absolute Gasteiger partial charge is 0.314 e. The topological polar surface area (TPSA) is 100 Å². The van der Waals surface area contributed by atoms with E-state index in [1.165, 1.54) is 17.0 Å². The van der Waals surface area contributed by atoms with E-state index < -0.39 is 11.8 Å². The summed E-state index contributed by atoms with van der Waals surface area (Å²) in [4.78, 5) is 30.7. The molecule has 2 N–H and O–H groups in total. The zero-order valence-electron chi connectivity index (χ0n) is 14.6. The molecule has 3 heterocycles. The summed E-state index contributed by atoms with van der Waals surface area (Å²) in [6.07, 6.45) is 3.22. The fourth-order valence-electron chi connectivity index (χ4n) is 3.09. The summed E-state index contributed by atoms with van der Waals surface area (Å²) < 4.78 is 5.81. The number of anilines is 2. The molecular weight excluding hydrogens is 366 g/mol. The molecule has 1 saturated heterocycles. The predicted molar refractivity (Wildman–Crippen MR) is 103 cm³/mol. The van der Waals surface area contributed by atoms with Gasteiger partial charge in [-0.15, -0.1) is 0 Å². The van der Waals surface area contributed by atoms with Gasteiger partial charge in [-0.2, -0.15) is 0 Å². The van der Waals surface area contributed by atoms with Crippen molar-refractivity contribution in [2.45, 2.75) is 12.8 Å². The predicted octanol–water partition coefficient (Wildman–Crippen LogP) is 2.26. The van der Waals surface area contributed by atoms with E-state index in [1.807, 2.05) is 18.2 Å². The SMILES string of the molecule is O=C(NCC1CCN(c2nc3ccccc3s2)CC1)C(=O)Nc1ccon1. The number of hydrogen-bond donors (Lipinski definition) is 2. The number of carbonyl (C=O) groups excluding carboxylic acids is 2. The van der Waals surface area contributed by atoms with Gasteiger partial charge in [0.15, 0.2) is 10.9 Å². The molecule has 0 saturated carbocycles. The van der Waals surface area contributed by atoms with Gasteiger partial charge < -0.3 is 14.7 Å². The molecule has 0 spiro atoms. The molecule has 0 aliphatic carbocycles. The number of piperidine rings is 1. The van der Waals surface area contributed by atoms with Gasteiger partial charge in [0.2, 0.25) is 0 Å². The number of thiazole rings is 1. The summed E-state index contributed by atoms with van der Waals surface area (Å²) in [6, 6.07) is 9.62. The maximum Gasteiger partial charge on any atom is 0.314 e. The largest absolute Gasteiger partial charge is 0.363 e. The van der Waals surface area contributed by atoms with Crippen LogP contribution in [0.25, 0.3) is 10.2 Å². The number of amides is 2. The molecule has 0 unspecified atom stereocenters. The molecule has 8 nitrogen and oxygen atoms in total. The van der Waals surface area contributed by atoms with Crippen LogP contribution in [0.3, 0.4) is 0 Å². The fraction of sp³-hybridized carbons (Fsp3) is 0.333. The van der Waals surface area contributed by atoms with Crippen molar-refractivity contribution in [3.05, 3.63) is 36.6 Å². The number of benzene rings is 1. The van der Waals surface area contributed by atoms with Crippen LogP contribution in [0.1, 0.15) is 12.8 Å². The van der Waals surface area contributed by atoms with Gasteiger partial charge in [0, 0.05) is 25.7 Å². The molecule has 4 rings (SSSR count). The molecule has 0 radical (unpaired) electrons. The summed E-state index contributed by atoms with van der Waals surface area (Å²) in [5.74, 6) is -0.832. The average Bonchev–Trinajstić information content (AvgIpc) is 3.35. The highest BCUT2D eigenvalue weighted by molar-refractivity contribution is 7.22. The highest BCUT2D eigenvalue weighted by atomic mass is 32.1. The van der Waals surface area contributed by atoms with Gasteiger partial charge >= 0.3 is 11.8 Å². The van der Waals surface area contributed by atoms with Crippen LogP contribution in [0.2, 0.25) is 0 Å². The second-order valence-corrected chi connectivity index (χ2v) is 7.45. The molecule has 27 heavy (non-hydrogen) atoms. The maximum absolute atomic E-state index is 11.9. The highest BCUT2D eigenvalue weighted by Crippen LogP contribution is 2.31. The van der Waals surface area contributed by atoms with Gasteiger partial charge in [-0.05, 0) is 30.9 Å². The molecule has 140 valence electrons. The van der Waals surface area contributed by atoms with E-state index in [9.17, 15) is 9.59 Å². The number of para-hydroxylation sites is 1. The van der Waals surface area contributed by atoms with Gasteiger partial charge in [-0.3, -0.25) is 14.9 Å². The van der Waals surface area contributed by atoms with Crippen molar-refractivity contribution >= 4 is 44.3 Å². The molecule has 2 aromatic heterocycles. The minimum absolute atomic E-state index is 0.222. The van der Waals surface area contributed by atoms with Crippen molar-refractivity contribution in [3.63, 3.8) is 0 Å². The molecule has 9 heteroatoms. The van der Waals surface area contributed by atoms with E-state index in [0.29, 0.717) is 12.5 Å². The second-order valence-electron chi connectivity index (χ2n) is 6.44. The van der Waals surface area contributed by atoms with Gasteiger partial charge in [-0.25, -0.2) is 4.98 Å². The number of carbonyl (C=O) groups is 2. The second kappa shape index (κ2) is 7.75. The lowest BCUT2D eigenvalue weighted by Crippen LogP contribution is -2.41. The molecule has 0 atom stereocenters.